The molecule has 1 aliphatic heterocycles. The van der Waals surface area contributed by atoms with E-state index in [1.807, 2.05) is 54.6 Å². The molecule has 0 spiro atoms. The fraction of sp³-hybridized carbons (Fsp3) is 0.231. The molecule has 0 radical (unpaired) electrons. The molecule has 0 bridgehead atoms. The maximum absolute atomic E-state index is 12.8. The van der Waals surface area contributed by atoms with E-state index < -0.39 is 0 Å². The molecule has 3 aromatic rings. The van der Waals surface area contributed by atoms with E-state index in [1.54, 1.807) is 23.1 Å². The molecule has 2 amide bonds. The summed E-state index contributed by atoms with van der Waals surface area (Å²) in [5.74, 6) is 0.318. The summed E-state index contributed by atoms with van der Waals surface area (Å²) in [7, 11) is 0. The molecule has 0 fully saturated rings. The maximum Gasteiger partial charge on any atom is 0.265 e. The first-order valence-electron chi connectivity index (χ1n) is 10.3. The summed E-state index contributed by atoms with van der Waals surface area (Å²) in [5.41, 5.74) is 4.07. The fourth-order valence-corrected chi connectivity index (χ4v) is 3.54. The van der Waals surface area contributed by atoms with Crippen LogP contribution in [-0.4, -0.2) is 18.4 Å². The molecule has 5 nitrogen and oxygen atoms in total. The molecule has 4 rings (SSSR count). The average Bonchev–Trinajstić information content (AvgIpc) is 2.76. The van der Waals surface area contributed by atoms with Gasteiger partial charge < -0.3 is 15.0 Å². The van der Waals surface area contributed by atoms with E-state index in [0.29, 0.717) is 29.2 Å². The molecule has 0 atom stereocenters. The van der Waals surface area contributed by atoms with Crippen LogP contribution in [0, 0.1) is 0 Å². The van der Waals surface area contributed by atoms with Crippen LogP contribution in [0.15, 0.2) is 72.8 Å². The Balaban J connectivity index is 1.55. The van der Waals surface area contributed by atoms with Gasteiger partial charge in [-0.15, -0.1) is 0 Å². The van der Waals surface area contributed by atoms with Gasteiger partial charge in [-0.3, -0.25) is 9.59 Å². The highest BCUT2D eigenvalue weighted by Gasteiger charge is 2.26. The van der Waals surface area contributed by atoms with Gasteiger partial charge >= 0.3 is 0 Å². The largest absolute Gasteiger partial charge is 0.482 e. The number of nitrogens with one attached hydrogen (secondary N) is 1. The summed E-state index contributed by atoms with van der Waals surface area (Å²) in [6.07, 6.45) is 0. The predicted octanol–water partition coefficient (Wildman–Crippen LogP) is 5.16. The van der Waals surface area contributed by atoms with Crippen LogP contribution in [0.3, 0.4) is 0 Å². The first-order chi connectivity index (χ1) is 14.8. The highest BCUT2D eigenvalue weighted by atomic mass is 16.5. The Labute approximate surface area is 182 Å². The topological polar surface area (TPSA) is 58.6 Å². The molecule has 0 saturated carbocycles. The van der Waals surface area contributed by atoms with E-state index in [4.69, 9.17) is 4.74 Å². The van der Waals surface area contributed by atoms with E-state index >= 15 is 0 Å². The molecule has 0 aliphatic carbocycles. The lowest BCUT2D eigenvalue weighted by Gasteiger charge is -2.30. The number of ether oxygens (including phenoxy) is 1. The Morgan fingerprint density at radius 2 is 1.71 bits per heavy atom. The lowest BCUT2D eigenvalue weighted by molar-refractivity contribution is -0.121. The molecule has 31 heavy (non-hydrogen) atoms. The van der Waals surface area contributed by atoms with Crippen molar-refractivity contribution in [3.8, 4) is 5.75 Å². The molecule has 158 valence electrons. The van der Waals surface area contributed by atoms with Crippen LogP contribution in [-0.2, 0) is 16.8 Å². The number of benzene rings is 3. The van der Waals surface area contributed by atoms with Crippen LogP contribution in [0.4, 0.5) is 11.4 Å². The normalized spacial score (nSPS) is 13.4. The maximum atomic E-state index is 12.8. The number of hydrogen-bond acceptors (Lipinski definition) is 3. The molecular weight excluding hydrogens is 388 g/mol. The molecular formula is C26H26N2O3. The number of amides is 2. The molecule has 0 saturated heterocycles. The van der Waals surface area contributed by atoms with Gasteiger partial charge in [0.2, 0.25) is 0 Å². The van der Waals surface area contributed by atoms with Crippen molar-refractivity contribution in [3.63, 3.8) is 0 Å². The van der Waals surface area contributed by atoms with E-state index in [0.717, 1.165) is 5.56 Å². The smallest absolute Gasteiger partial charge is 0.265 e. The average molecular weight is 415 g/mol. The lowest BCUT2D eigenvalue weighted by Crippen LogP contribution is -2.38. The van der Waals surface area contributed by atoms with Gasteiger partial charge in [-0.25, -0.2) is 0 Å². The van der Waals surface area contributed by atoms with Crippen LogP contribution in [0.5, 0.6) is 5.75 Å². The van der Waals surface area contributed by atoms with Gasteiger partial charge in [0.1, 0.15) is 5.75 Å². The summed E-state index contributed by atoms with van der Waals surface area (Å²) in [6, 6.07) is 22.8. The third-order valence-corrected chi connectivity index (χ3v) is 5.36. The highest BCUT2D eigenvalue weighted by molar-refractivity contribution is 6.05. The van der Waals surface area contributed by atoms with E-state index in [9.17, 15) is 9.59 Å². The molecule has 1 N–H and O–H groups in total. The van der Waals surface area contributed by atoms with Crippen LogP contribution in [0.1, 0.15) is 42.3 Å². The Morgan fingerprint density at radius 3 is 2.39 bits per heavy atom. The van der Waals surface area contributed by atoms with Crippen molar-refractivity contribution >= 4 is 23.2 Å². The van der Waals surface area contributed by atoms with Crippen molar-refractivity contribution in [2.45, 2.75) is 32.7 Å². The van der Waals surface area contributed by atoms with E-state index in [1.165, 1.54) is 5.56 Å². The number of fused-ring (bicyclic) bond motifs is 1. The second kappa shape index (κ2) is 8.26. The molecule has 1 aliphatic rings. The predicted molar refractivity (Wildman–Crippen MR) is 123 cm³/mol. The molecule has 0 aromatic heterocycles. The minimum atomic E-state index is -0.196. The number of carbonyl (C=O) groups excluding carboxylic acids is 2. The van der Waals surface area contributed by atoms with Crippen molar-refractivity contribution in [1.29, 1.82) is 0 Å². The number of carbonyl (C=O) groups is 2. The fourth-order valence-electron chi connectivity index (χ4n) is 3.54. The summed E-state index contributed by atoms with van der Waals surface area (Å²) >= 11 is 0. The molecule has 5 heteroatoms. The van der Waals surface area contributed by atoms with Gasteiger partial charge in [-0.1, -0.05) is 63.2 Å². The Bertz CT molecular complexity index is 1100. The zero-order valence-corrected chi connectivity index (χ0v) is 18.0. The van der Waals surface area contributed by atoms with Crippen LogP contribution in [0.2, 0.25) is 0 Å². The summed E-state index contributed by atoms with van der Waals surface area (Å²) in [4.78, 5) is 27.0. The van der Waals surface area contributed by atoms with Gasteiger partial charge in [0.25, 0.3) is 11.8 Å². The van der Waals surface area contributed by atoms with E-state index in [-0.39, 0.29) is 23.8 Å². The Hall–Kier alpha value is -3.60. The summed E-state index contributed by atoms with van der Waals surface area (Å²) in [6.45, 7) is 6.87. The van der Waals surface area contributed by atoms with Crippen LogP contribution in [0.25, 0.3) is 0 Å². The second-order valence-corrected chi connectivity index (χ2v) is 8.72. The zero-order chi connectivity index (χ0) is 22.0. The number of rotatable bonds is 4. The van der Waals surface area contributed by atoms with Gasteiger partial charge in [0, 0.05) is 11.3 Å². The van der Waals surface area contributed by atoms with Crippen molar-refractivity contribution in [3.05, 3.63) is 89.5 Å². The zero-order valence-electron chi connectivity index (χ0n) is 18.0. The summed E-state index contributed by atoms with van der Waals surface area (Å²) < 4.78 is 5.59. The lowest BCUT2D eigenvalue weighted by atomic mass is 9.87. The molecule has 1 heterocycles. The van der Waals surface area contributed by atoms with Crippen LogP contribution >= 0.6 is 0 Å². The first-order valence-corrected chi connectivity index (χ1v) is 10.3. The number of hydrogen-bond donors (Lipinski definition) is 1. The minimum Gasteiger partial charge on any atom is -0.482 e. The van der Waals surface area contributed by atoms with Gasteiger partial charge in [0.15, 0.2) is 6.61 Å². The van der Waals surface area contributed by atoms with Gasteiger partial charge in [-0.05, 0) is 46.9 Å². The summed E-state index contributed by atoms with van der Waals surface area (Å²) in [5, 5.41) is 2.93. The van der Waals surface area contributed by atoms with E-state index in [2.05, 4.69) is 26.1 Å². The quantitative estimate of drug-likeness (QED) is 0.641. The minimum absolute atomic E-state index is 0.00562. The Morgan fingerprint density at radius 1 is 1.00 bits per heavy atom. The van der Waals surface area contributed by atoms with Crippen molar-refractivity contribution < 1.29 is 14.3 Å². The van der Waals surface area contributed by atoms with Crippen molar-refractivity contribution in [2.24, 2.45) is 0 Å². The molecule has 0 unspecified atom stereocenters. The first kappa shape index (κ1) is 20.7. The third-order valence-electron chi connectivity index (χ3n) is 5.36. The third kappa shape index (κ3) is 4.61. The second-order valence-electron chi connectivity index (χ2n) is 8.72. The monoisotopic (exact) mass is 414 g/mol. The van der Waals surface area contributed by atoms with Crippen molar-refractivity contribution in [1.82, 2.24) is 0 Å². The SMILES string of the molecule is CC(C)(C)c1ccc(C(=O)Nc2ccc3c(c2)N(Cc2ccccc2)C(=O)CO3)cc1. The van der Waals surface area contributed by atoms with Gasteiger partial charge in [0.05, 0.1) is 12.2 Å². The molecule has 3 aromatic carbocycles. The van der Waals surface area contributed by atoms with Crippen molar-refractivity contribution in [2.75, 3.05) is 16.8 Å². The number of nitrogens with zero attached hydrogens (tertiary/aromatic N) is 1. The Kier molecular flexibility index (Phi) is 5.51. The van der Waals surface area contributed by atoms with Gasteiger partial charge in [-0.2, -0.15) is 0 Å². The standard InChI is InChI=1S/C26H26N2O3/c1-26(2,3)20-11-9-19(10-12-20)25(30)27-21-13-14-23-22(15-21)28(24(29)17-31-23)16-18-7-5-4-6-8-18/h4-15H,16-17H2,1-3H3,(H,27,30). The van der Waals surface area contributed by atoms with Crippen LogP contribution < -0.4 is 15.0 Å². The highest BCUT2D eigenvalue weighted by Crippen LogP contribution is 2.35. The number of anilines is 2.